The minimum atomic E-state index is -4.58. The van der Waals surface area contributed by atoms with Gasteiger partial charge in [-0.25, -0.2) is 0 Å². The molecule has 1 aliphatic rings. The van der Waals surface area contributed by atoms with Gasteiger partial charge in [-0.2, -0.15) is 13.2 Å². The Bertz CT molecular complexity index is 448. The highest BCUT2D eigenvalue weighted by Crippen LogP contribution is 2.34. The number of hydrogen-bond donors (Lipinski definition) is 1. The van der Waals surface area contributed by atoms with E-state index in [2.05, 4.69) is 0 Å². The van der Waals surface area contributed by atoms with Gasteiger partial charge in [-0.05, 0) is 18.9 Å². The van der Waals surface area contributed by atoms with Crippen molar-refractivity contribution >= 4 is 0 Å². The number of halogens is 3. The van der Waals surface area contributed by atoms with Gasteiger partial charge in [-0.3, -0.25) is 4.79 Å². The standard InChI is InChI=1S/C10H11F3N2O/c11-10(12,13)8(14)7-2-1-5-15(9(7)16)6-3-4-6/h1-2,5-6,8H,3-4,14H2. The Morgan fingerprint density at radius 2 is 2.06 bits per heavy atom. The topological polar surface area (TPSA) is 48.0 Å². The summed E-state index contributed by atoms with van der Waals surface area (Å²) in [5.74, 6) is 0. The van der Waals surface area contributed by atoms with Crippen molar-refractivity contribution in [2.45, 2.75) is 31.1 Å². The maximum absolute atomic E-state index is 12.4. The molecule has 0 aromatic carbocycles. The second kappa shape index (κ2) is 3.62. The van der Waals surface area contributed by atoms with Crippen molar-refractivity contribution in [3.8, 4) is 0 Å². The van der Waals surface area contributed by atoms with E-state index in [1.54, 1.807) is 0 Å². The van der Waals surface area contributed by atoms with Crippen LogP contribution in [0.2, 0.25) is 0 Å². The van der Waals surface area contributed by atoms with Crippen LogP contribution < -0.4 is 11.3 Å². The van der Waals surface area contributed by atoms with Crippen LogP contribution in [0.5, 0.6) is 0 Å². The van der Waals surface area contributed by atoms with Gasteiger partial charge in [0, 0.05) is 17.8 Å². The summed E-state index contributed by atoms with van der Waals surface area (Å²) in [7, 11) is 0. The third-order valence-corrected chi connectivity index (χ3v) is 2.63. The second-order valence-electron chi connectivity index (χ2n) is 3.93. The summed E-state index contributed by atoms with van der Waals surface area (Å²) in [4.78, 5) is 11.7. The SMILES string of the molecule is NC(c1cccn(C2CC2)c1=O)C(F)(F)F. The molecule has 2 rings (SSSR count). The summed E-state index contributed by atoms with van der Waals surface area (Å²) in [6.45, 7) is 0. The molecule has 1 aromatic rings. The zero-order chi connectivity index (χ0) is 11.9. The molecule has 0 radical (unpaired) electrons. The number of pyridine rings is 1. The largest absolute Gasteiger partial charge is 0.407 e. The van der Waals surface area contributed by atoms with Crippen LogP contribution in [-0.2, 0) is 0 Å². The van der Waals surface area contributed by atoms with Gasteiger partial charge in [-0.1, -0.05) is 6.07 Å². The molecule has 1 saturated carbocycles. The van der Waals surface area contributed by atoms with Crippen molar-refractivity contribution in [2.24, 2.45) is 5.73 Å². The smallest absolute Gasteiger partial charge is 0.316 e. The van der Waals surface area contributed by atoms with E-state index in [4.69, 9.17) is 5.73 Å². The van der Waals surface area contributed by atoms with Crippen molar-refractivity contribution in [3.63, 3.8) is 0 Å². The summed E-state index contributed by atoms with van der Waals surface area (Å²) >= 11 is 0. The summed E-state index contributed by atoms with van der Waals surface area (Å²) in [5, 5.41) is 0. The van der Waals surface area contributed by atoms with Crippen molar-refractivity contribution in [1.82, 2.24) is 4.57 Å². The normalized spacial score (nSPS) is 18.5. The highest BCUT2D eigenvalue weighted by molar-refractivity contribution is 5.17. The molecule has 16 heavy (non-hydrogen) atoms. The average Bonchev–Trinajstić information content (AvgIpc) is 2.99. The van der Waals surface area contributed by atoms with Crippen LogP contribution in [0.4, 0.5) is 13.2 Å². The van der Waals surface area contributed by atoms with Crippen LogP contribution in [0.25, 0.3) is 0 Å². The van der Waals surface area contributed by atoms with E-state index in [1.807, 2.05) is 0 Å². The fourth-order valence-electron chi connectivity index (χ4n) is 1.58. The van der Waals surface area contributed by atoms with Crippen molar-refractivity contribution in [3.05, 3.63) is 34.2 Å². The molecule has 2 N–H and O–H groups in total. The molecule has 88 valence electrons. The first-order valence-electron chi connectivity index (χ1n) is 4.94. The number of rotatable bonds is 2. The lowest BCUT2D eigenvalue weighted by Crippen LogP contribution is -2.35. The zero-order valence-electron chi connectivity index (χ0n) is 8.37. The van der Waals surface area contributed by atoms with Gasteiger partial charge in [0.25, 0.3) is 5.56 Å². The van der Waals surface area contributed by atoms with Gasteiger partial charge in [0.1, 0.15) is 6.04 Å². The Morgan fingerprint density at radius 3 is 2.56 bits per heavy atom. The molecule has 0 bridgehead atoms. The third-order valence-electron chi connectivity index (χ3n) is 2.63. The van der Waals surface area contributed by atoms with E-state index in [0.717, 1.165) is 18.9 Å². The summed E-state index contributed by atoms with van der Waals surface area (Å²) in [6.07, 6.45) is -1.40. The number of nitrogens with two attached hydrogens (primary N) is 1. The zero-order valence-corrected chi connectivity index (χ0v) is 8.37. The van der Waals surface area contributed by atoms with E-state index < -0.39 is 17.8 Å². The van der Waals surface area contributed by atoms with Gasteiger partial charge in [0.15, 0.2) is 0 Å². The summed E-state index contributed by atoms with van der Waals surface area (Å²) in [6, 6.07) is 0.416. The molecule has 6 heteroatoms. The maximum atomic E-state index is 12.4. The Kier molecular flexibility index (Phi) is 2.53. The third kappa shape index (κ3) is 1.97. The molecular weight excluding hydrogens is 221 g/mol. The molecule has 1 heterocycles. The predicted molar refractivity (Wildman–Crippen MR) is 52.0 cm³/mol. The molecule has 1 aromatic heterocycles. The predicted octanol–water partition coefficient (Wildman–Crippen LogP) is 1.75. The van der Waals surface area contributed by atoms with Crippen molar-refractivity contribution in [1.29, 1.82) is 0 Å². The number of hydrogen-bond acceptors (Lipinski definition) is 2. The fourth-order valence-corrected chi connectivity index (χ4v) is 1.58. The molecule has 3 nitrogen and oxygen atoms in total. The van der Waals surface area contributed by atoms with E-state index in [-0.39, 0.29) is 11.6 Å². The first-order valence-corrected chi connectivity index (χ1v) is 4.94. The second-order valence-corrected chi connectivity index (χ2v) is 3.93. The molecule has 1 aliphatic carbocycles. The molecule has 1 atom stereocenters. The van der Waals surface area contributed by atoms with E-state index in [9.17, 15) is 18.0 Å². The Balaban J connectivity index is 2.42. The Labute approximate surface area is 89.7 Å². The van der Waals surface area contributed by atoms with E-state index in [0.29, 0.717) is 0 Å². The van der Waals surface area contributed by atoms with Crippen LogP contribution in [0.1, 0.15) is 30.5 Å². The Hall–Kier alpha value is -1.30. The monoisotopic (exact) mass is 232 g/mol. The van der Waals surface area contributed by atoms with Gasteiger partial charge in [0.2, 0.25) is 0 Å². The van der Waals surface area contributed by atoms with Crippen LogP contribution in [0, 0.1) is 0 Å². The van der Waals surface area contributed by atoms with Gasteiger partial charge < -0.3 is 10.3 Å². The molecule has 0 aliphatic heterocycles. The molecule has 0 saturated heterocycles. The molecule has 0 amide bonds. The lowest BCUT2D eigenvalue weighted by molar-refractivity contribution is -0.149. The number of nitrogens with zero attached hydrogens (tertiary/aromatic N) is 1. The van der Waals surface area contributed by atoms with Crippen molar-refractivity contribution < 1.29 is 13.2 Å². The van der Waals surface area contributed by atoms with Crippen molar-refractivity contribution in [2.75, 3.05) is 0 Å². The highest BCUT2D eigenvalue weighted by Gasteiger charge is 2.40. The van der Waals surface area contributed by atoms with E-state index >= 15 is 0 Å². The van der Waals surface area contributed by atoms with Gasteiger partial charge >= 0.3 is 6.18 Å². The van der Waals surface area contributed by atoms with Crippen LogP contribution in [0.15, 0.2) is 23.1 Å². The minimum Gasteiger partial charge on any atom is -0.316 e. The van der Waals surface area contributed by atoms with Crippen LogP contribution >= 0.6 is 0 Å². The fraction of sp³-hybridized carbons (Fsp3) is 0.500. The van der Waals surface area contributed by atoms with Crippen LogP contribution in [-0.4, -0.2) is 10.7 Å². The number of aromatic nitrogens is 1. The average molecular weight is 232 g/mol. The van der Waals surface area contributed by atoms with Gasteiger partial charge in [-0.15, -0.1) is 0 Å². The van der Waals surface area contributed by atoms with Crippen LogP contribution in [0.3, 0.4) is 0 Å². The lowest BCUT2D eigenvalue weighted by Gasteiger charge is -2.16. The number of alkyl halides is 3. The molecular formula is C10H11F3N2O. The molecule has 1 unspecified atom stereocenters. The maximum Gasteiger partial charge on any atom is 0.407 e. The summed E-state index contributed by atoms with van der Waals surface area (Å²) in [5.41, 5.74) is 4.01. The van der Waals surface area contributed by atoms with Gasteiger partial charge in [0.05, 0.1) is 0 Å². The van der Waals surface area contributed by atoms with E-state index in [1.165, 1.54) is 16.8 Å². The Morgan fingerprint density at radius 1 is 1.44 bits per heavy atom. The summed E-state index contributed by atoms with van der Waals surface area (Å²) < 4.78 is 38.5. The highest BCUT2D eigenvalue weighted by atomic mass is 19.4. The quantitative estimate of drug-likeness (QED) is 0.844. The minimum absolute atomic E-state index is 0.0490. The lowest BCUT2D eigenvalue weighted by atomic mass is 10.1. The first-order chi connectivity index (χ1) is 7.41. The first kappa shape index (κ1) is 11.2. The molecule has 0 spiro atoms. The molecule has 1 fully saturated rings.